The van der Waals surface area contributed by atoms with Gasteiger partial charge in [-0.2, -0.15) is 4.39 Å². The lowest BCUT2D eigenvalue weighted by atomic mass is 10.1. The van der Waals surface area contributed by atoms with Crippen molar-refractivity contribution in [3.05, 3.63) is 67.9 Å². The Bertz CT molecular complexity index is 734. The van der Waals surface area contributed by atoms with E-state index in [-0.39, 0.29) is 5.56 Å². The van der Waals surface area contributed by atoms with Gasteiger partial charge in [0.25, 0.3) is 5.91 Å². The van der Waals surface area contributed by atoms with Crippen LogP contribution in [-0.4, -0.2) is 10.8 Å². The maximum atomic E-state index is 13.5. The van der Waals surface area contributed by atoms with Crippen molar-refractivity contribution < 1.29 is 14.1 Å². The highest BCUT2D eigenvalue weighted by molar-refractivity contribution is 9.10. The van der Waals surface area contributed by atoms with Crippen LogP contribution < -0.4 is 5.32 Å². The number of carbonyl (C=O) groups excluding carboxylic acids is 1. The van der Waals surface area contributed by atoms with E-state index < -0.39 is 22.3 Å². The minimum atomic E-state index is -1.05. The summed E-state index contributed by atoms with van der Waals surface area (Å²) in [6.45, 7) is 1.90. The number of rotatable bonds is 3. The third kappa shape index (κ3) is 3.43. The van der Waals surface area contributed by atoms with Crippen LogP contribution in [0.2, 0.25) is 0 Å². The SMILES string of the molecule is Cc1ccc(NC(=O)c2ccc([N+](=O)[O-])c(F)c2)c(Br)c1. The average molecular weight is 353 g/mol. The third-order valence-electron chi connectivity index (χ3n) is 2.78. The van der Waals surface area contributed by atoms with Crippen molar-refractivity contribution in [2.24, 2.45) is 0 Å². The monoisotopic (exact) mass is 352 g/mol. The lowest BCUT2D eigenvalue weighted by Gasteiger charge is -2.08. The van der Waals surface area contributed by atoms with Crippen LogP contribution in [-0.2, 0) is 0 Å². The van der Waals surface area contributed by atoms with Gasteiger partial charge in [0, 0.05) is 16.1 Å². The summed E-state index contributed by atoms with van der Waals surface area (Å²) >= 11 is 3.32. The fourth-order valence-electron chi connectivity index (χ4n) is 1.71. The van der Waals surface area contributed by atoms with E-state index in [4.69, 9.17) is 0 Å². The maximum absolute atomic E-state index is 13.5. The van der Waals surface area contributed by atoms with Gasteiger partial charge in [0.1, 0.15) is 0 Å². The molecular formula is C14H10BrFN2O3. The zero-order valence-electron chi connectivity index (χ0n) is 10.9. The van der Waals surface area contributed by atoms with Crippen LogP contribution in [0.3, 0.4) is 0 Å². The number of aryl methyl sites for hydroxylation is 1. The van der Waals surface area contributed by atoms with Crippen molar-refractivity contribution in [1.82, 2.24) is 0 Å². The Morgan fingerprint density at radius 1 is 1.29 bits per heavy atom. The van der Waals surface area contributed by atoms with Gasteiger partial charge in [0.2, 0.25) is 5.82 Å². The molecule has 21 heavy (non-hydrogen) atoms. The molecule has 2 rings (SSSR count). The second kappa shape index (κ2) is 6.01. The van der Waals surface area contributed by atoms with Gasteiger partial charge in [-0.05, 0) is 52.7 Å². The Balaban J connectivity index is 2.24. The number of halogens is 2. The summed E-state index contributed by atoms with van der Waals surface area (Å²) in [7, 11) is 0. The standard InChI is InChI=1S/C14H10BrFN2O3/c1-8-2-4-12(10(15)6-8)17-14(19)9-3-5-13(18(20)21)11(16)7-9/h2-7H,1H3,(H,17,19). The van der Waals surface area contributed by atoms with Crippen molar-refractivity contribution in [1.29, 1.82) is 0 Å². The summed E-state index contributed by atoms with van der Waals surface area (Å²) in [5, 5.41) is 13.1. The predicted octanol–water partition coefficient (Wildman–Crippen LogP) is 4.06. The number of nitrogens with zero attached hydrogens (tertiary/aromatic N) is 1. The molecule has 0 aliphatic heterocycles. The van der Waals surface area contributed by atoms with E-state index in [1.54, 1.807) is 6.07 Å². The van der Waals surface area contributed by atoms with E-state index in [9.17, 15) is 19.3 Å². The molecule has 0 atom stereocenters. The fraction of sp³-hybridized carbons (Fsp3) is 0.0714. The van der Waals surface area contributed by atoms with Gasteiger partial charge in [-0.3, -0.25) is 14.9 Å². The Labute approximate surface area is 128 Å². The first-order chi connectivity index (χ1) is 9.88. The molecular weight excluding hydrogens is 343 g/mol. The number of nitro groups is 1. The molecule has 0 fully saturated rings. The molecule has 0 saturated carbocycles. The number of nitrogens with one attached hydrogen (secondary N) is 1. The highest BCUT2D eigenvalue weighted by atomic mass is 79.9. The molecule has 1 amide bonds. The van der Waals surface area contributed by atoms with Crippen LogP contribution in [0.15, 0.2) is 40.9 Å². The number of hydrogen-bond donors (Lipinski definition) is 1. The molecule has 0 aliphatic rings. The lowest BCUT2D eigenvalue weighted by molar-refractivity contribution is -0.387. The predicted molar refractivity (Wildman–Crippen MR) is 79.9 cm³/mol. The number of hydrogen-bond acceptors (Lipinski definition) is 3. The van der Waals surface area contributed by atoms with Crippen LogP contribution in [0.4, 0.5) is 15.8 Å². The lowest BCUT2D eigenvalue weighted by Crippen LogP contribution is -2.12. The Morgan fingerprint density at radius 2 is 2.00 bits per heavy atom. The molecule has 0 aromatic heterocycles. The quantitative estimate of drug-likeness (QED) is 0.668. The van der Waals surface area contributed by atoms with Crippen LogP contribution in [0.25, 0.3) is 0 Å². The Morgan fingerprint density at radius 3 is 2.57 bits per heavy atom. The molecule has 0 unspecified atom stereocenters. The number of anilines is 1. The van der Waals surface area contributed by atoms with Crippen molar-refractivity contribution in [2.75, 3.05) is 5.32 Å². The average Bonchev–Trinajstić information content (AvgIpc) is 2.41. The summed E-state index contributed by atoms with van der Waals surface area (Å²) in [5.74, 6) is -1.59. The van der Waals surface area contributed by atoms with Crippen LogP contribution in [0.1, 0.15) is 15.9 Å². The zero-order chi connectivity index (χ0) is 15.6. The topological polar surface area (TPSA) is 72.2 Å². The molecule has 0 bridgehead atoms. The van der Waals surface area contributed by atoms with Gasteiger partial charge in [0.15, 0.2) is 0 Å². The van der Waals surface area contributed by atoms with Crippen molar-refractivity contribution in [2.45, 2.75) is 6.92 Å². The first-order valence-electron chi connectivity index (χ1n) is 5.90. The smallest absolute Gasteiger partial charge is 0.304 e. The number of benzene rings is 2. The number of amides is 1. The van der Waals surface area contributed by atoms with Gasteiger partial charge in [-0.15, -0.1) is 0 Å². The summed E-state index contributed by atoms with van der Waals surface area (Å²) < 4.78 is 14.2. The summed E-state index contributed by atoms with van der Waals surface area (Å²) in [4.78, 5) is 21.7. The molecule has 0 radical (unpaired) electrons. The molecule has 2 aromatic carbocycles. The van der Waals surface area contributed by atoms with Crippen molar-refractivity contribution in [3.63, 3.8) is 0 Å². The molecule has 108 valence electrons. The fourth-order valence-corrected chi connectivity index (χ4v) is 2.30. The van der Waals surface area contributed by atoms with Gasteiger partial charge in [-0.25, -0.2) is 0 Å². The largest absolute Gasteiger partial charge is 0.321 e. The van der Waals surface area contributed by atoms with Gasteiger partial charge in [0.05, 0.1) is 10.6 Å². The van der Waals surface area contributed by atoms with Crippen LogP contribution >= 0.6 is 15.9 Å². The first kappa shape index (κ1) is 15.1. The molecule has 0 heterocycles. The summed E-state index contributed by atoms with van der Waals surface area (Å²) in [6, 6.07) is 8.37. The van der Waals surface area contributed by atoms with E-state index in [1.807, 2.05) is 19.1 Å². The second-order valence-electron chi connectivity index (χ2n) is 4.36. The molecule has 5 nitrogen and oxygen atoms in total. The van der Waals surface area contributed by atoms with E-state index in [1.165, 1.54) is 6.07 Å². The highest BCUT2D eigenvalue weighted by Gasteiger charge is 2.17. The maximum Gasteiger partial charge on any atom is 0.304 e. The van der Waals surface area contributed by atoms with E-state index in [0.29, 0.717) is 10.2 Å². The van der Waals surface area contributed by atoms with Crippen LogP contribution in [0, 0.1) is 22.9 Å². The Hall–Kier alpha value is -2.28. The summed E-state index contributed by atoms with van der Waals surface area (Å²) in [5.41, 5.74) is 0.888. The molecule has 0 saturated heterocycles. The van der Waals surface area contributed by atoms with Gasteiger partial charge < -0.3 is 5.32 Å². The van der Waals surface area contributed by atoms with Crippen LogP contribution in [0.5, 0.6) is 0 Å². The first-order valence-corrected chi connectivity index (χ1v) is 6.69. The number of nitro benzene ring substituents is 1. The Kier molecular flexibility index (Phi) is 4.32. The molecule has 0 aliphatic carbocycles. The zero-order valence-corrected chi connectivity index (χ0v) is 12.5. The second-order valence-corrected chi connectivity index (χ2v) is 5.22. The summed E-state index contributed by atoms with van der Waals surface area (Å²) in [6.07, 6.45) is 0. The van der Waals surface area contributed by atoms with E-state index in [2.05, 4.69) is 21.2 Å². The third-order valence-corrected chi connectivity index (χ3v) is 3.44. The van der Waals surface area contributed by atoms with E-state index >= 15 is 0 Å². The minimum Gasteiger partial charge on any atom is -0.321 e. The molecule has 2 aromatic rings. The van der Waals surface area contributed by atoms with E-state index in [0.717, 1.165) is 17.7 Å². The molecule has 7 heteroatoms. The minimum absolute atomic E-state index is 0.00516. The normalized spacial score (nSPS) is 10.2. The van der Waals surface area contributed by atoms with Gasteiger partial charge >= 0.3 is 5.69 Å². The highest BCUT2D eigenvalue weighted by Crippen LogP contribution is 2.24. The van der Waals surface area contributed by atoms with Gasteiger partial charge in [-0.1, -0.05) is 6.07 Å². The molecule has 1 N–H and O–H groups in total. The number of carbonyl (C=O) groups is 1. The van der Waals surface area contributed by atoms with Crippen molar-refractivity contribution >= 4 is 33.2 Å². The van der Waals surface area contributed by atoms with Crippen molar-refractivity contribution in [3.8, 4) is 0 Å². The molecule has 0 spiro atoms.